The second kappa shape index (κ2) is 4.09. The Kier molecular flexibility index (Phi) is 3.31. The molecule has 0 aromatic heterocycles. The number of carbonyl (C=O) groups is 1. The molecule has 3 heteroatoms. The van der Waals surface area contributed by atoms with Crippen molar-refractivity contribution in [1.82, 2.24) is 4.90 Å². The topological polar surface area (TPSA) is 29.5 Å². The Hall–Kier alpha value is -0.570. The van der Waals surface area contributed by atoms with E-state index in [2.05, 4.69) is 23.5 Å². The molecule has 0 bridgehead atoms. The van der Waals surface area contributed by atoms with Crippen molar-refractivity contribution < 1.29 is 9.53 Å². The summed E-state index contributed by atoms with van der Waals surface area (Å²) in [6.07, 6.45) is 1.75. The lowest BCUT2D eigenvalue weighted by Crippen LogP contribution is -2.26. The molecular formula is C10H19NO2. The summed E-state index contributed by atoms with van der Waals surface area (Å²) in [5.41, 5.74) is 0.427. The molecule has 76 valence electrons. The van der Waals surface area contributed by atoms with Crippen LogP contribution in [0.1, 0.15) is 26.7 Å². The normalized spacial score (nSPS) is 21.8. The minimum Gasteiger partial charge on any atom is -0.469 e. The summed E-state index contributed by atoms with van der Waals surface area (Å²) in [5, 5.41) is 0. The Bertz CT molecular complexity index is 189. The average Bonchev–Trinajstić information content (AvgIpc) is 2.41. The third-order valence-electron chi connectivity index (χ3n) is 2.62. The van der Waals surface area contributed by atoms with Gasteiger partial charge in [-0.1, -0.05) is 13.8 Å². The van der Waals surface area contributed by atoms with E-state index in [-0.39, 0.29) is 5.97 Å². The van der Waals surface area contributed by atoms with Crippen molar-refractivity contribution in [3.05, 3.63) is 0 Å². The van der Waals surface area contributed by atoms with Gasteiger partial charge in [0.05, 0.1) is 13.5 Å². The first-order valence-electron chi connectivity index (χ1n) is 4.83. The van der Waals surface area contributed by atoms with E-state index < -0.39 is 0 Å². The van der Waals surface area contributed by atoms with Crippen LogP contribution in [0.25, 0.3) is 0 Å². The number of methoxy groups -OCH3 is 1. The first kappa shape index (κ1) is 10.5. The summed E-state index contributed by atoms with van der Waals surface area (Å²) >= 11 is 0. The monoisotopic (exact) mass is 185 g/mol. The highest BCUT2D eigenvalue weighted by atomic mass is 16.5. The van der Waals surface area contributed by atoms with Crippen LogP contribution in [0.4, 0.5) is 0 Å². The van der Waals surface area contributed by atoms with E-state index in [9.17, 15) is 4.79 Å². The summed E-state index contributed by atoms with van der Waals surface area (Å²) in [5.74, 6) is -0.107. The van der Waals surface area contributed by atoms with Gasteiger partial charge in [-0.3, -0.25) is 4.79 Å². The number of hydrogen-bond donors (Lipinski definition) is 0. The first-order chi connectivity index (χ1) is 6.03. The molecule has 13 heavy (non-hydrogen) atoms. The van der Waals surface area contributed by atoms with Crippen molar-refractivity contribution in [3.63, 3.8) is 0 Å². The third kappa shape index (κ3) is 3.35. The van der Waals surface area contributed by atoms with Crippen molar-refractivity contribution in [2.24, 2.45) is 5.41 Å². The minimum atomic E-state index is -0.107. The summed E-state index contributed by atoms with van der Waals surface area (Å²) in [4.78, 5) is 13.2. The quantitative estimate of drug-likeness (QED) is 0.620. The van der Waals surface area contributed by atoms with Crippen molar-refractivity contribution in [2.45, 2.75) is 26.7 Å². The highest BCUT2D eigenvalue weighted by Crippen LogP contribution is 2.28. The molecule has 0 radical (unpaired) electrons. The van der Waals surface area contributed by atoms with Crippen LogP contribution in [-0.4, -0.2) is 37.6 Å². The summed E-state index contributed by atoms with van der Waals surface area (Å²) in [6, 6.07) is 0. The van der Waals surface area contributed by atoms with Crippen LogP contribution in [-0.2, 0) is 9.53 Å². The minimum absolute atomic E-state index is 0.107. The Balaban J connectivity index is 2.21. The van der Waals surface area contributed by atoms with Crippen LogP contribution in [0.5, 0.6) is 0 Å². The summed E-state index contributed by atoms with van der Waals surface area (Å²) in [6.45, 7) is 7.60. The zero-order chi connectivity index (χ0) is 9.90. The Morgan fingerprint density at radius 2 is 2.23 bits per heavy atom. The number of nitrogens with zero attached hydrogens (tertiary/aromatic N) is 1. The molecule has 1 saturated heterocycles. The fourth-order valence-corrected chi connectivity index (χ4v) is 1.77. The molecule has 3 nitrogen and oxygen atoms in total. The zero-order valence-electron chi connectivity index (χ0n) is 8.80. The van der Waals surface area contributed by atoms with Gasteiger partial charge in [0.2, 0.25) is 0 Å². The average molecular weight is 185 g/mol. The van der Waals surface area contributed by atoms with Crippen LogP contribution in [0, 0.1) is 5.41 Å². The maximum absolute atomic E-state index is 10.9. The lowest BCUT2D eigenvalue weighted by molar-refractivity contribution is -0.140. The molecule has 0 saturated carbocycles. The maximum Gasteiger partial charge on any atom is 0.306 e. The summed E-state index contributed by atoms with van der Waals surface area (Å²) in [7, 11) is 1.44. The Morgan fingerprint density at radius 1 is 1.54 bits per heavy atom. The fraction of sp³-hybridized carbons (Fsp3) is 0.900. The Labute approximate surface area is 80.1 Å². The predicted octanol–water partition coefficient (Wildman–Crippen LogP) is 1.28. The number of likely N-dealkylation sites (tertiary alicyclic amines) is 1. The number of carbonyl (C=O) groups excluding carboxylic acids is 1. The van der Waals surface area contributed by atoms with Gasteiger partial charge in [-0.05, 0) is 18.4 Å². The highest BCUT2D eigenvalue weighted by molar-refractivity contribution is 5.69. The van der Waals surface area contributed by atoms with Gasteiger partial charge in [0.1, 0.15) is 0 Å². The number of esters is 1. The van der Waals surface area contributed by atoms with Crippen molar-refractivity contribution in [2.75, 3.05) is 26.7 Å². The van der Waals surface area contributed by atoms with Crippen molar-refractivity contribution in [1.29, 1.82) is 0 Å². The van der Waals surface area contributed by atoms with Crippen molar-refractivity contribution >= 4 is 5.97 Å². The molecule has 0 unspecified atom stereocenters. The molecule has 0 amide bonds. The third-order valence-corrected chi connectivity index (χ3v) is 2.62. The molecule has 1 fully saturated rings. The van der Waals surface area contributed by atoms with E-state index >= 15 is 0 Å². The van der Waals surface area contributed by atoms with Crippen LogP contribution in [0.3, 0.4) is 0 Å². The van der Waals surface area contributed by atoms with Gasteiger partial charge in [0.15, 0.2) is 0 Å². The van der Waals surface area contributed by atoms with Gasteiger partial charge in [0.25, 0.3) is 0 Å². The van der Waals surface area contributed by atoms with Crippen LogP contribution in [0.15, 0.2) is 0 Å². The van der Waals surface area contributed by atoms with Crippen LogP contribution >= 0.6 is 0 Å². The van der Waals surface area contributed by atoms with Gasteiger partial charge in [-0.25, -0.2) is 0 Å². The van der Waals surface area contributed by atoms with E-state index in [0.717, 1.165) is 19.6 Å². The van der Waals surface area contributed by atoms with Gasteiger partial charge >= 0.3 is 5.97 Å². The molecule has 0 spiro atoms. The molecule has 0 atom stereocenters. The molecule has 1 aliphatic heterocycles. The SMILES string of the molecule is COC(=O)CCN1CCC(C)(C)C1. The number of rotatable bonds is 3. The van der Waals surface area contributed by atoms with E-state index in [4.69, 9.17) is 0 Å². The maximum atomic E-state index is 10.9. The van der Waals surface area contributed by atoms with Crippen LogP contribution in [0.2, 0.25) is 0 Å². The van der Waals surface area contributed by atoms with Gasteiger partial charge in [0, 0.05) is 13.1 Å². The lowest BCUT2D eigenvalue weighted by Gasteiger charge is -2.18. The largest absolute Gasteiger partial charge is 0.469 e. The van der Waals surface area contributed by atoms with Crippen molar-refractivity contribution in [3.8, 4) is 0 Å². The lowest BCUT2D eigenvalue weighted by atomic mass is 9.93. The molecule has 1 rings (SSSR count). The van der Waals surface area contributed by atoms with Gasteiger partial charge in [-0.2, -0.15) is 0 Å². The molecule has 0 N–H and O–H groups in total. The summed E-state index contributed by atoms with van der Waals surface area (Å²) < 4.78 is 4.60. The fourth-order valence-electron chi connectivity index (χ4n) is 1.77. The van der Waals surface area contributed by atoms with E-state index in [1.807, 2.05) is 0 Å². The Morgan fingerprint density at radius 3 is 2.69 bits per heavy atom. The van der Waals surface area contributed by atoms with Crippen LogP contribution < -0.4 is 0 Å². The standard InChI is InChI=1S/C10H19NO2/c1-10(2)5-7-11(8-10)6-4-9(12)13-3/h4-8H2,1-3H3. The smallest absolute Gasteiger partial charge is 0.306 e. The first-order valence-corrected chi connectivity index (χ1v) is 4.83. The molecule has 1 aliphatic rings. The second-order valence-corrected chi connectivity index (χ2v) is 4.52. The van der Waals surface area contributed by atoms with E-state index in [1.165, 1.54) is 13.5 Å². The highest BCUT2D eigenvalue weighted by Gasteiger charge is 2.28. The van der Waals surface area contributed by atoms with E-state index in [1.54, 1.807) is 0 Å². The molecular weight excluding hydrogens is 166 g/mol. The second-order valence-electron chi connectivity index (χ2n) is 4.52. The van der Waals surface area contributed by atoms with Gasteiger partial charge < -0.3 is 9.64 Å². The number of ether oxygens (including phenoxy) is 1. The predicted molar refractivity (Wildman–Crippen MR) is 51.5 cm³/mol. The molecule has 0 aromatic carbocycles. The zero-order valence-corrected chi connectivity index (χ0v) is 8.80. The van der Waals surface area contributed by atoms with E-state index in [0.29, 0.717) is 11.8 Å². The van der Waals surface area contributed by atoms with Gasteiger partial charge in [-0.15, -0.1) is 0 Å². The number of hydrogen-bond acceptors (Lipinski definition) is 3. The molecule has 0 aliphatic carbocycles. The molecule has 1 heterocycles. The molecule has 0 aromatic rings.